The number of aromatic nitrogens is 5. The first-order valence-electron chi connectivity index (χ1n) is 27.1. The molecule has 14 nitrogen and oxygen atoms in total. The van der Waals surface area contributed by atoms with Crippen molar-refractivity contribution >= 4 is 77.9 Å². The van der Waals surface area contributed by atoms with Gasteiger partial charge in [0.2, 0.25) is 0 Å². The third-order valence-electron chi connectivity index (χ3n) is 15.9. The van der Waals surface area contributed by atoms with Crippen LogP contribution in [0.15, 0.2) is 229 Å². The molecule has 8 heterocycles. The molecule has 0 N–H and O–H groups in total. The molecular weight excluding hydrogens is 1050 g/mol. The van der Waals surface area contributed by atoms with E-state index in [1.165, 1.54) is 0 Å². The van der Waals surface area contributed by atoms with Crippen molar-refractivity contribution in [2.24, 2.45) is 0 Å². The second-order valence-corrected chi connectivity index (χ2v) is 20.4. The molecule has 0 saturated heterocycles. The van der Waals surface area contributed by atoms with Crippen LogP contribution in [0.5, 0.6) is 23.0 Å². The topological polar surface area (TPSA) is 182 Å². The molecule has 85 heavy (non-hydrogen) atoms. The highest BCUT2D eigenvalue weighted by molar-refractivity contribution is 6.15. The maximum Gasteiger partial charge on any atom is 0.160 e. The minimum absolute atomic E-state index is 0.185. The van der Waals surface area contributed by atoms with Gasteiger partial charge in [-0.15, -0.1) is 0 Å². The third kappa shape index (κ3) is 7.31. The summed E-state index contributed by atoms with van der Waals surface area (Å²) in [4.78, 5) is 18.4. The molecule has 0 amide bonds. The van der Waals surface area contributed by atoms with E-state index in [9.17, 15) is 21.0 Å². The van der Waals surface area contributed by atoms with Crippen LogP contribution in [-0.4, -0.2) is 24.1 Å². The molecule has 0 saturated carbocycles. The van der Waals surface area contributed by atoms with E-state index in [1.54, 1.807) is 49.1 Å². The van der Waals surface area contributed by atoms with Crippen LogP contribution >= 0.6 is 0 Å². The summed E-state index contributed by atoms with van der Waals surface area (Å²) in [6.07, 6.45) is 6.60. The van der Waals surface area contributed by atoms with Crippen LogP contribution in [0.2, 0.25) is 0 Å². The zero-order chi connectivity index (χ0) is 56.9. The highest BCUT2D eigenvalue weighted by Gasteiger charge is 2.35. The van der Waals surface area contributed by atoms with Gasteiger partial charge in [0.25, 0.3) is 0 Å². The Morgan fingerprint density at radius 3 is 1.22 bits per heavy atom. The smallest absolute Gasteiger partial charge is 0.160 e. The number of ether oxygens (including phenoxy) is 2. The highest BCUT2D eigenvalue weighted by Crippen LogP contribution is 2.56. The summed E-state index contributed by atoms with van der Waals surface area (Å²) in [6.45, 7) is 0. The van der Waals surface area contributed by atoms with Gasteiger partial charge in [-0.2, -0.15) is 21.0 Å². The van der Waals surface area contributed by atoms with Crippen molar-refractivity contribution in [3.63, 3.8) is 0 Å². The summed E-state index contributed by atoms with van der Waals surface area (Å²) < 4.78 is 23.8. The van der Waals surface area contributed by atoms with Crippen LogP contribution in [0.25, 0.3) is 88.6 Å². The van der Waals surface area contributed by atoms with Gasteiger partial charge < -0.3 is 32.8 Å². The second-order valence-electron chi connectivity index (χ2n) is 20.4. The molecule has 0 atom stereocenters. The number of benzene rings is 8. The molecule has 0 aliphatic carbocycles. The van der Waals surface area contributed by atoms with Crippen LogP contribution in [0.4, 0.5) is 34.1 Å². The number of hydrogen-bond donors (Lipinski definition) is 0. The number of fused-ring (bicyclic) bond motifs is 10. The van der Waals surface area contributed by atoms with Crippen molar-refractivity contribution in [2.45, 2.75) is 0 Å². The Kier molecular flexibility index (Phi) is 10.7. The monoisotopic (exact) mass is 1090 g/mol. The fraction of sp³-hybridized carbons (Fsp3) is 0. The average molecular weight is 1090 g/mol. The first kappa shape index (κ1) is 48.2. The first-order chi connectivity index (χ1) is 42.0. The van der Waals surface area contributed by atoms with Gasteiger partial charge in [0.05, 0.1) is 68.0 Å². The molecular formula is C71H37N11O3. The predicted molar refractivity (Wildman–Crippen MR) is 325 cm³/mol. The summed E-state index contributed by atoms with van der Waals surface area (Å²) in [5.74, 6) is 2.85. The molecule has 2 aliphatic rings. The minimum Gasteiger partial charge on any atom is -0.462 e. The van der Waals surface area contributed by atoms with E-state index in [2.05, 4.69) is 102 Å². The van der Waals surface area contributed by atoms with E-state index in [1.807, 2.05) is 127 Å². The summed E-state index contributed by atoms with van der Waals surface area (Å²) in [5, 5.41) is 45.5. The summed E-state index contributed by atoms with van der Waals surface area (Å²) in [5.41, 5.74) is 14.0. The van der Waals surface area contributed by atoms with Gasteiger partial charge in [0, 0.05) is 85.6 Å². The zero-order valence-corrected chi connectivity index (χ0v) is 44.5. The Hall–Kier alpha value is -12.8. The number of rotatable bonds is 7. The molecule has 0 unspecified atom stereocenters. The van der Waals surface area contributed by atoms with Crippen molar-refractivity contribution in [2.75, 3.05) is 9.80 Å². The lowest BCUT2D eigenvalue weighted by Gasteiger charge is -2.33. The van der Waals surface area contributed by atoms with E-state index in [4.69, 9.17) is 18.9 Å². The van der Waals surface area contributed by atoms with Crippen LogP contribution in [0.3, 0.4) is 0 Å². The molecule has 0 fully saturated rings. The number of hydrogen-bond acceptors (Lipinski definition) is 12. The number of nitrogens with zero attached hydrogens (tertiary/aromatic N) is 11. The molecule has 0 bridgehead atoms. The van der Waals surface area contributed by atoms with Gasteiger partial charge in [-0.3, -0.25) is 0 Å². The lowest BCUT2D eigenvalue weighted by molar-refractivity contribution is 0.477. The van der Waals surface area contributed by atoms with Crippen LogP contribution in [0, 0.1) is 45.3 Å². The van der Waals surface area contributed by atoms with Crippen LogP contribution in [-0.2, 0) is 0 Å². The minimum atomic E-state index is 0.185. The quantitative estimate of drug-likeness (QED) is 0.147. The number of para-hydroxylation sites is 9. The van der Waals surface area contributed by atoms with Gasteiger partial charge in [-0.25, -0.2) is 15.0 Å². The first-order valence-corrected chi connectivity index (χ1v) is 27.1. The Bertz CT molecular complexity index is 5230. The molecule has 14 heteroatoms. The fourth-order valence-corrected chi connectivity index (χ4v) is 12.3. The molecule has 394 valence electrons. The Balaban J connectivity index is 1.07. The van der Waals surface area contributed by atoms with Crippen LogP contribution in [0.1, 0.15) is 22.6 Å². The molecule has 0 spiro atoms. The molecule has 0 radical (unpaired) electrons. The SMILES string of the molecule is N#Cc1ccc(-c2c(C#N)c(-c3ccc(C#N)nc3)c(-n3c4ccc(N5c6ccccc6Oc6ccccc65)cc4c4occc43)c(-c3ccc(C#N)nc3)c2-n2c3ccccc3c3cc(N4c5ccccc5Oc5ccccc54)ccc32)cn1. The summed E-state index contributed by atoms with van der Waals surface area (Å²) >= 11 is 0. The van der Waals surface area contributed by atoms with Gasteiger partial charge in [-0.1, -0.05) is 66.7 Å². The second kappa shape index (κ2) is 18.9. The third-order valence-corrected chi connectivity index (χ3v) is 15.9. The largest absolute Gasteiger partial charge is 0.462 e. The van der Waals surface area contributed by atoms with Gasteiger partial charge in [0.1, 0.15) is 41.4 Å². The van der Waals surface area contributed by atoms with Crippen molar-refractivity contribution in [1.82, 2.24) is 24.1 Å². The molecule has 16 rings (SSSR count). The molecule has 14 aromatic rings. The summed E-state index contributed by atoms with van der Waals surface area (Å²) in [7, 11) is 0. The van der Waals surface area contributed by atoms with Crippen molar-refractivity contribution in [1.29, 1.82) is 21.0 Å². The van der Waals surface area contributed by atoms with E-state index >= 15 is 0 Å². The lowest BCUT2D eigenvalue weighted by atomic mass is 9.84. The number of pyridine rings is 3. The van der Waals surface area contributed by atoms with E-state index in [0.29, 0.717) is 67.4 Å². The average Bonchev–Trinajstić information content (AvgIpc) is 1.85. The van der Waals surface area contributed by atoms with Crippen molar-refractivity contribution in [3.05, 3.63) is 248 Å². The van der Waals surface area contributed by atoms with Gasteiger partial charge >= 0.3 is 0 Å². The Labute approximate surface area is 484 Å². The predicted octanol–water partition coefficient (Wildman–Crippen LogP) is 17.3. The van der Waals surface area contributed by atoms with Gasteiger partial charge in [-0.05, 0) is 127 Å². The standard InChI is InChI=1S/C71H37N11O3/c72-35-45-24-21-42(39-76-45)66-53(38-75)67(43-22-25-46(36-73)77-40-43)70(82-56-30-28-49(34-52(56)71-61(82)31-32-83-71)80-59-15-5-9-19-64(59)85-65-20-10-6-16-60(65)80)68(44-23-26-47(37-74)78-41-44)69(66)81-54-12-2-1-11-50(54)51-33-48(27-29-55(51)81)79-57-13-3-7-17-62(57)84-63-18-8-4-14-58(63)79/h1-34,39-41H. The zero-order valence-electron chi connectivity index (χ0n) is 44.5. The van der Waals surface area contributed by atoms with E-state index in [0.717, 1.165) is 78.3 Å². The number of nitriles is 4. The highest BCUT2D eigenvalue weighted by atomic mass is 16.5. The number of furan rings is 1. The summed E-state index contributed by atoms with van der Waals surface area (Å²) in [6, 6.07) is 74.4. The lowest BCUT2D eigenvalue weighted by Crippen LogP contribution is -2.15. The number of anilines is 6. The Morgan fingerprint density at radius 1 is 0.353 bits per heavy atom. The normalized spacial score (nSPS) is 12.1. The maximum atomic E-state index is 12.3. The van der Waals surface area contributed by atoms with Gasteiger partial charge in [0.15, 0.2) is 28.6 Å². The fourth-order valence-electron chi connectivity index (χ4n) is 12.3. The molecule has 2 aliphatic heterocycles. The van der Waals surface area contributed by atoms with Crippen molar-refractivity contribution in [3.8, 4) is 92.0 Å². The van der Waals surface area contributed by atoms with E-state index < -0.39 is 0 Å². The molecule has 6 aromatic heterocycles. The van der Waals surface area contributed by atoms with E-state index in [-0.39, 0.29) is 22.6 Å². The molecule has 8 aromatic carbocycles. The van der Waals surface area contributed by atoms with Crippen molar-refractivity contribution < 1.29 is 13.9 Å². The van der Waals surface area contributed by atoms with Crippen LogP contribution < -0.4 is 19.3 Å². The Morgan fingerprint density at radius 2 is 0.765 bits per heavy atom. The maximum absolute atomic E-state index is 12.3.